The molecule has 0 bridgehead atoms. The van der Waals surface area contributed by atoms with E-state index in [-0.39, 0.29) is 30.8 Å². The number of carbonyl (C=O) groups is 1. The molecule has 0 aliphatic rings. The Bertz CT molecular complexity index is 296. The fraction of sp³-hybridized carbons (Fsp3) is 0.400. The Balaban J connectivity index is 0. The Labute approximate surface area is 107 Å². The Hall–Kier alpha value is -0.840. The highest BCUT2D eigenvalue weighted by molar-refractivity contribution is 5.85. The molecule has 1 atom stereocenters. The molecule has 4 nitrogen and oxygen atoms in total. The molecule has 6 heteroatoms. The van der Waals surface area contributed by atoms with E-state index in [0.717, 1.165) is 5.56 Å². The van der Waals surface area contributed by atoms with Gasteiger partial charge in [-0.25, -0.2) is 0 Å². The zero-order chi connectivity index (χ0) is 10.4. The summed E-state index contributed by atoms with van der Waals surface area (Å²) >= 11 is 0. The SMILES string of the molecule is CCOC(=O)[C@H](N)Cc1ccncc1.Cl.Cl. The summed E-state index contributed by atoms with van der Waals surface area (Å²) in [5.41, 5.74) is 6.63. The molecule has 0 saturated carbocycles. The second kappa shape index (κ2) is 9.39. The van der Waals surface area contributed by atoms with Gasteiger partial charge in [0.1, 0.15) is 6.04 Å². The predicted molar refractivity (Wildman–Crippen MR) is 67.0 cm³/mol. The molecule has 1 aromatic heterocycles. The quantitative estimate of drug-likeness (QED) is 0.836. The van der Waals surface area contributed by atoms with E-state index in [0.29, 0.717) is 13.0 Å². The maximum atomic E-state index is 11.2. The first-order chi connectivity index (χ1) is 6.74. The van der Waals surface area contributed by atoms with E-state index in [4.69, 9.17) is 10.5 Å². The molecular formula is C10H16Cl2N2O2. The first-order valence-corrected chi connectivity index (χ1v) is 4.55. The lowest BCUT2D eigenvalue weighted by Gasteiger charge is -2.09. The number of nitrogens with zero attached hydrogens (tertiary/aromatic N) is 1. The lowest BCUT2D eigenvalue weighted by Crippen LogP contribution is -2.34. The van der Waals surface area contributed by atoms with Crippen molar-refractivity contribution in [2.45, 2.75) is 19.4 Å². The summed E-state index contributed by atoms with van der Waals surface area (Å²) in [5.74, 6) is -0.357. The van der Waals surface area contributed by atoms with Gasteiger partial charge in [-0.1, -0.05) is 0 Å². The van der Waals surface area contributed by atoms with Crippen LogP contribution in [0.25, 0.3) is 0 Å². The van der Waals surface area contributed by atoms with Crippen molar-refractivity contribution in [2.75, 3.05) is 6.61 Å². The van der Waals surface area contributed by atoms with Gasteiger partial charge in [0.15, 0.2) is 0 Å². The Morgan fingerprint density at radius 3 is 2.50 bits per heavy atom. The Morgan fingerprint density at radius 1 is 1.44 bits per heavy atom. The van der Waals surface area contributed by atoms with Crippen molar-refractivity contribution in [2.24, 2.45) is 5.73 Å². The van der Waals surface area contributed by atoms with Crippen LogP contribution in [0.5, 0.6) is 0 Å². The number of hydrogen-bond acceptors (Lipinski definition) is 4. The highest BCUT2D eigenvalue weighted by Gasteiger charge is 2.14. The molecule has 0 fully saturated rings. The van der Waals surface area contributed by atoms with E-state index in [9.17, 15) is 4.79 Å². The third-order valence-corrected chi connectivity index (χ3v) is 1.79. The molecule has 0 aromatic carbocycles. The van der Waals surface area contributed by atoms with Crippen LogP contribution in [0.2, 0.25) is 0 Å². The third-order valence-electron chi connectivity index (χ3n) is 1.79. The number of pyridine rings is 1. The minimum absolute atomic E-state index is 0. The average molecular weight is 267 g/mol. The molecule has 0 saturated heterocycles. The minimum atomic E-state index is -0.586. The van der Waals surface area contributed by atoms with E-state index >= 15 is 0 Å². The Morgan fingerprint density at radius 2 is 2.00 bits per heavy atom. The number of halogens is 2. The first-order valence-electron chi connectivity index (χ1n) is 4.55. The lowest BCUT2D eigenvalue weighted by atomic mass is 10.1. The van der Waals surface area contributed by atoms with Gasteiger partial charge in [-0.3, -0.25) is 9.78 Å². The van der Waals surface area contributed by atoms with Gasteiger partial charge >= 0.3 is 5.97 Å². The first kappa shape index (κ1) is 17.6. The number of rotatable bonds is 4. The number of hydrogen-bond donors (Lipinski definition) is 1. The third kappa shape index (κ3) is 5.90. The number of nitrogens with two attached hydrogens (primary N) is 1. The van der Waals surface area contributed by atoms with E-state index in [1.165, 1.54) is 0 Å². The van der Waals surface area contributed by atoms with Crippen molar-refractivity contribution in [3.05, 3.63) is 30.1 Å². The Kier molecular flexibility index (Phi) is 10.3. The van der Waals surface area contributed by atoms with E-state index in [2.05, 4.69) is 4.98 Å². The molecule has 1 aromatic rings. The molecular weight excluding hydrogens is 251 g/mol. The van der Waals surface area contributed by atoms with Crippen LogP contribution in [-0.4, -0.2) is 23.6 Å². The van der Waals surface area contributed by atoms with Crippen LogP contribution < -0.4 is 5.73 Å². The predicted octanol–water partition coefficient (Wildman–Crippen LogP) is 1.36. The fourth-order valence-electron chi connectivity index (χ4n) is 1.11. The van der Waals surface area contributed by atoms with Crippen molar-refractivity contribution in [1.82, 2.24) is 4.98 Å². The lowest BCUT2D eigenvalue weighted by molar-refractivity contribution is -0.144. The van der Waals surface area contributed by atoms with Crippen molar-refractivity contribution in [3.8, 4) is 0 Å². The van der Waals surface area contributed by atoms with Gasteiger partial charge in [-0.2, -0.15) is 0 Å². The zero-order valence-corrected chi connectivity index (χ0v) is 10.6. The summed E-state index contributed by atoms with van der Waals surface area (Å²) < 4.78 is 4.80. The molecule has 0 aliphatic heterocycles. The zero-order valence-electron chi connectivity index (χ0n) is 8.96. The normalized spacial score (nSPS) is 10.6. The van der Waals surface area contributed by atoms with Gasteiger partial charge in [0.05, 0.1) is 6.61 Å². The number of carbonyl (C=O) groups excluding carboxylic acids is 1. The molecule has 0 aliphatic carbocycles. The second-order valence-corrected chi connectivity index (χ2v) is 2.92. The van der Waals surface area contributed by atoms with Crippen LogP contribution in [0, 0.1) is 0 Å². The van der Waals surface area contributed by atoms with Crippen molar-refractivity contribution >= 4 is 30.8 Å². The van der Waals surface area contributed by atoms with Gasteiger partial charge in [0.25, 0.3) is 0 Å². The van der Waals surface area contributed by atoms with Crippen LogP contribution in [-0.2, 0) is 16.0 Å². The van der Waals surface area contributed by atoms with Crippen LogP contribution in [0.15, 0.2) is 24.5 Å². The monoisotopic (exact) mass is 266 g/mol. The molecule has 0 spiro atoms. The molecule has 2 N–H and O–H groups in total. The average Bonchev–Trinajstić information content (AvgIpc) is 2.19. The highest BCUT2D eigenvalue weighted by atomic mass is 35.5. The summed E-state index contributed by atoms with van der Waals surface area (Å²) in [6.45, 7) is 2.12. The fourth-order valence-corrected chi connectivity index (χ4v) is 1.11. The standard InChI is InChI=1S/C10H14N2O2.2ClH/c1-2-14-10(13)9(11)7-8-3-5-12-6-4-8;;/h3-6,9H,2,7,11H2,1H3;2*1H/t9-;;/m1../s1. The molecule has 16 heavy (non-hydrogen) atoms. The van der Waals surface area contributed by atoms with Crippen LogP contribution >= 0.6 is 24.8 Å². The van der Waals surface area contributed by atoms with Gasteiger partial charge in [-0.05, 0) is 31.0 Å². The van der Waals surface area contributed by atoms with Crippen molar-refractivity contribution in [3.63, 3.8) is 0 Å². The van der Waals surface area contributed by atoms with E-state index < -0.39 is 6.04 Å². The second-order valence-electron chi connectivity index (χ2n) is 2.92. The summed E-state index contributed by atoms with van der Waals surface area (Å²) in [6, 6.07) is 3.08. The molecule has 92 valence electrons. The molecule has 1 rings (SSSR count). The maximum absolute atomic E-state index is 11.2. The summed E-state index contributed by atoms with van der Waals surface area (Å²) in [5, 5.41) is 0. The van der Waals surface area contributed by atoms with Crippen LogP contribution in [0.1, 0.15) is 12.5 Å². The summed E-state index contributed by atoms with van der Waals surface area (Å²) in [6.07, 6.45) is 3.84. The number of aromatic nitrogens is 1. The largest absolute Gasteiger partial charge is 0.465 e. The van der Waals surface area contributed by atoms with Crippen molar-refractivity contribution in [1.29, 1.82) is 0 Å². The van der Waals surface area contributed by atoms with Gasteiger partial charge in [0.2, 0.25) is 0 Å². The molecule has 0 amide bonds. The van der Waals surface area contributed by atoms with E-state index in [1.807, 2.05) is 12.1 Å². The number of ether oxygens (including phenoxy) is 1. The molecule has 0 radical (unpaired) electrons. The number of esters is 1. The summed E-state index contributed by atoms with van der Waals surface area (Å²) in [4.78, 5) is 15.1. The molecule has 1 heterocycles. The van der Waals surface area contributed by atoms with Crippen LogP contribution in [0.4, 0.5) is 0 Å². The molecule has 0 unspecified atom stereocenters. The summed E-state index contributed by atoms with van der Waals surface area (Å²) in [7, 11) is 0. The van der Waals surface area contributed by atoms with E-state index in [1.54, 1.807) is 19.3 Å². The maximum Gasteiger partial charge on any atom is 0.323 e. The van der Waals surface area contributed by atoms with Gasteiger partial charge in [-0.15, -0.1) is 24.8 Å². The smallest absolute Gasteiger partial charge is 0.323 e. The van der Waals surface area contributed by atoms with Gasteiger partial charge < -0.3 is 10.5 Å². The van der Waals surface area contributed by atoms with Gasteiger partial charge in [0, 0.05) is 12.4 Å². The highest BCUT2D eigenvalue weighted by Crippen LogP contribution is 2.01. The topological polar surface area (TPSA) is 65.2 Å². The van der Waals surface area contributed by atoms with Crippen molar-refractivity contribution < 1.29 is 9.53 Å². The minimum Gasteiger partial charge on any atom is -0.465 e. The van der Waals surface area contributed by atoms with Crippen LogP contribution in [0.3, 0.4) is 0 Å².